The predicted molar refractivity (Wildman–Crippen MR) is 34.3 cm³/mol. The molecule has 0 atom stereocenters. The third-order valence-electron chi connectivity index (χ3n) is 0.338. The van der Waals surface area contributed by atoms with Crippen LogP contribution >= 0.6 is 25.6 Å². The summed E-state index contributed by atoms with van der Waals surface area (Å²) in [5, 5.41) is 7.80. The first-order valence-corrected chi connectivity index (χ1v) is 2.46. The van der Waals surface area contributed by atoms with Gasteiger partial charge in [-0.3, -0.25) is 0 Å². The second-order valence-electron chi connectivity index (χ2n) is 0.923. The number of carbonyl (C=O) groups is 2. The van der Waals surface area contributed by atoms with Crippen molar-refractivity contribution in [2.45, 2.75) is 0 Å². The van der Waals surface area contributed by atoms with Gasteiger partial charge in [-0.15, -0.1) is 0 Å². The van der Waals surface area contributed by atoms with Crippen molar-refractivity contribution in [1.29, 1.82) is 0 Å². The number of carbonyl (C=O) groups excluding carboxylic acids is 1. The summed E-state index contributed by atoms with van der Waals surface area (Å²) in [6.07, 6.45) is -2.85. The van der Waals surface area contributed by atoms with Crippen molar-refractivity contribution in [3.63, 3.8) is 0 Å². The molecule has 0 unspecified atom stereocenters. The van der Waals surface area contributed by atoms with Crippen LogP contribution in [-0.2, 0) is 4.74 Å². The molecule has 0 bridgehead atoms. The Balaban J connectivity index is 3.64. The molecular formula is C2H3NO4S2. The third kappa shape index (κ3) is 3.98. The minimum absolute atomic E-state index is 0.411. The summed E-state index contributed by atoms with van der Waals surface area (Å²) in [6, 6.07) is 0. The molecule has 5 nitrogen and oxygen atoms in total. The number of rotatable bonds is 0. The van der Waals surface area contributed by atoms with Gasteiger partial charge in [0.05, 0.1) is 0 Å². The first-order valence-electron chi connectivity index (χ1n) is 1.66. The molecule has 0 aromatic carbocycles. The van der Waals surface area contributed by atoms with E-state index in [1.807, 2.05) is 0 Å². The average Bonchev–Trinajstić information content (AvgIpc) is 1.63. The molecule has 0 saturated heterocycles. The summed E-state index contributed by atoms with van der Waals surface area (Å²) in [5.41, 5.74) is 0. The summed E-state index contributed by atoms with van der Waals surface area (Å²) in [4.78, 5) is 19.7. The Labute approximate surface area is 61.7 Å². The monoisotopic (exact) mass is 169 g/mol. The second-order valence-corrected chi connectivity index (χ2v) is 2.04. The number of thiol groups is 2. The van der Waals surface area contributed by atoms with Gasteiger partial charge < -0.3 is 9.84 Å². The Kier molecular flexibility index (Phi) is 3.25. The topological polar surface area (TPSA) is 66.8 Å². The summed E-state index contributed by atoms with van der Waals surface area (Å²) in [7, 11) is 0. The fourth-order valence-electron chi connectivity index (χ4n) is 0.116. The fourth-order valence-corrected chi connectivity index (χ4v) is 0.197. The standard InChI is InChI=1S/C2H3NO4S2/c4-1(3(8)9)7-2(5)6/h8-9H,(H,5,6). The molecule has 0 aliphatic rings. The SMILES string of the molecule is O=C(O)OC(=O)N(S)S. The van der Waals surface area contributed by atoms with Crippen LogP contribution in [0.2, 0.25) is 0 Å². The lowest BCUT2D eigenvalue weighted by Crippen LogP contribution is -2.16. The van der Waals surface area contributed by atoms with E-state index in [1.165, 1.54) is 0 Å². The van der Waals surface area contributed by atoms with Crippen LogP contribution in [0.4, 0.5) is 9.59 Å². The Bertz CT molecular complexity index is 135. The second kappa shape index (κ2) is 3.46. The van der Waals surface area contributed by atoms with Gasteiger partial charge in [0.25, 0.3) is 0 Å². The van der Waals surface area contributed by atoms with E-state index < -0.39 is 12.2 Å². The van der Waals surface area contributed by atoms with E-state index in [-0.39, 0.29) is 0 Å². The zero-order valence-electron chi connectivity index (χ0n) is 4.01. The van der Waals surface area contributed by atoms with Crippen LogP contribution in [-0.4, -0.2) is 21.1 Å². The van der Waals surface area contributed by atoms with Gasteiger partial charge in [0.15, 0.2) is 0 Å². The molecule has 1 N–H and O–H groups in total. The molecule has 0 aromatic heterocycles. The number of nitrogens with zero attached hydrogens (tertiary/aromatic N) is 1. The minimum atomic E-state index is -1.69. The van der Waals surface area contributed by atoms with Crippen molar-refractivity contribution >= 4 is 37.9 Å². The van der Waals surface area contributed by atoms with E-state index in [9.17, 15) is 9.59 Å². The van der Waals surface area contributed by atoms with Gasteiger partial charge in [0.2, 0.25) is 0 Å². The average molecular weight is 169 g/mol. The van der Waals surface area contributed by atoms with Crippen molar-refractivity contribution in [2.75, 3.05) is 0 Å². The molecule has 0 aliphatic carbocycles. The van der Waals surface area contributed by atoms with E-state index in [4.69, 9.17) is 5.11 Å². The fraction of sp³-hybridized carbons (Fsp3) is 0. The number of carboxylic acid groups (broad SMARTS) is 1. The van der Waals surface area contributed by atoms with Crippen LogP contribution in [0.5, 0.6) is 0 Å². The quantitative estimate of drug-likeness (QED) is 0.285. The van der Waals surface area contributed by atoms with Gasteiger partial charge in [-0.1, -0.05) is 0 Å². The van der Waals surface area contributed by atoms with Crippen LogP contribution in [0.1, 0.15) is 0 Å². The highest BCUT2D eigenvalue weighted by atomic mass is 32.2. The summed E-state index contributed by atoms with van der Waals surface area (Å²) in [5.74, 6) is 0. The van der Waals surface area contributed by atoms with Crippen LogP contribution < -0.4 is 0 Å². The van der Waals surface area contributed by atoms with Gasteiger partial charge in [-0.05, 0) is 25.6 Å². The smallest absolute Gasteiger partial charge is 0.449 e. The van der Waals surface area contributed by atoms with Gasteiger partial charge in [-0.2, -0.15) is 3.71 Å². The highest BCUT2D eigenvalue weighted by Crippen LogP contribution is 2.00. The molecule has 0 spiro atoms. The van der Waals surface area contributed by atoms with Gasteiger partial charge in [-0.25, -0.2) is 9.59 Å². The van der Waals surface area contributed by atoms with E-state index in [0.29, 0.717) is 3.71 Å². The number of hydrogen-bond acceptors (Lipinski definition) is 5. The van der Waals surface area contributed by atoms with Crippen LogP contribution in [0.25, 0.3) is 0 Å². The molecule has 0 aromatic rings. The molecule has 9 heavy (non-hydrogen) atoms. The molecule has 0 radical (unpaired) electrons. The van der Waals surface area contributed by atoms with Crippen molar-refractivity contribution in [1.82, 2.24) is 3.71 Å². The first-order chi connectivity index (χ1) is 4.04. The zero-order valence-corrected chi connectivity index (χ0v) is 5.80. The van der Waals surface area contributed by atoms with Crippen LogP contribution in [0, 0.1) is 0 Å². The highest BCUT2D eigenvalue weighted by Gasteiger charge is 2.10. The van der Waals surface area contributed by atoms with E-state index in [2.05, 4.69) is 30.4 Å². The van der Waals surface area contributed by atoms with Crippen LogP contribution in [0.15, 0.2) is 0 Å². The Hall–Kier alpha value is -0.560. The van der Waals surface area contributed by atoms with E-state index in [0.717, 1.165) is 0 Å². The lowest BCUT2D eigenvalue weighted by Gasteiger charge is -2.02. The first kappa shape index (κ1) is 8.44. The molecule has 0 heterocycles. The number of amides is 1. The Morgan fingerprint density at radius 1 is 1.44 bits per heavy atom. The minimum Gasteiger partial charge on any atom is -0.449 e. The van der Waals surface area contributed by atoms with Gasteiger partial charge >= 0.3 is 12.2 Å². The maximum Gasteiger partial charge on any atom is 0.514 e. The lowest BCUT2D eigenvalue weighted by molar-refractivity contribution is 0.108. The molecular weight excluding hydrogens is 166 g/mol. The summed E-state index contributed by atoms with van der Waals surface area (Å²) in [6.45, 7) is 0. The van der Waals surface area contributed by atoms with Crippen molar-refractivity contribution in [2.24, 2.45) is 0 Å². The molecule has 1 amide bonds. The molecule has 7 heteroatoms. The Morgan fingerprint density at radius 3 is 2.00 bits per heavy atom. The molecule has 0 aliphatic heterocycles. The van der Waals surface area contributed by atoms with E-state index in [1.54, 1.807) is 0 Å². The third-order valence-corrected chi connectivity index (χ3v) is 0.665. The molecule has 0 fully saturated rings. The normalized spacial score (nSPS) is 8.22. The predicted octanol–water partition coefficient (Wildman–Crippen LogP) is 0.793. The summed E-state index contributed by atoms with van der Waals surface area (Å²) < 4.78 is 3.97. The van der Waals surface area contributed by atoms with Crippen molar-refractivity contribution in [3.8, 4) is 0 Å². The molecule has 0 saturated carbocycles. The van der Waals surface area contributed by atoms with Crippen molar-refractivity contribution < 1.29 is 19.4 Å². The largest absolute Gasteiger partial charge is 0.514 e. The highest BCUT2D eigenvalue weighted by molar-refractivity contribution is 7.94. The number of hydrogen-bond donors (Lipinski definition) is 3. The summed E-state index contributed by atoms with van der Waals surface area (Å²) >= 11 is 6.65. The van der Waals surface area contributed by atoms with Gasteiger partial charge in [0, 0.05) is 0 Å². The molecule has 52 valence electrons. The lowest BCUT2D eigenvalue weighted by atomic mass is 11.2. The Morgan fingerprint density at radius 2 is 1.89 bits per heavy atom. The van der Waals surface area contributed by atoms with Gasteiger partial charge in [0.1, 0.15) is 0 Å². The van der Waals surface area contributed by atoms with E-state index >= 15 is 0 Å². The molecule has 0 rings (SSSR count). The zero-order chi connectivity index (χ0) is 7.44. The maximum atomic E-state index is 10.1. The van der Waals surface area contributed by atoms with Crippen LogP contribution in [0.3, 0.4) is 0 Å². The number of ether oxygens (including phenoxy) is 1. The van der Waals surface area contributed by atoms with Crippen molar-refractivity contribution in [3.05, 3.63) is 0 Å². The maximum absolute atomic E-state index is 10.1.